The Morgan fingerprint density at radius 3 is 1.29 bits per heavy atom. The molecule has 0 aromatic heterocycles. The predicted octanol–water partition coefficient (Wildman–Crippen LogP) is 20.0. The molecule has 448 valence electrons. The second kappa shape index (κ2) is 56.7. The number of ether oxygens (including phenoxy) is 1. The first kappa shape index (κ1) is 74.5. The molecule has 77 heavy (non-hydrogen) atoms. The molecule has 0 spiro atoms. The van der Waals surface area contributed by atoms with E-state index < -0.39 is 20.0 Å². The Hall–Kier alpha value is -2.55. The van der Waals surface area contributed by atoms with E-state index >= 15 is 0 Å². The average Bonchev–Trinajstić information content (AvgIpc) is 3.39. The number of phosphoric ester groups is 1. The maximum Gasteiger partial charge on any atom is 0.472 e. The maximum absolute atomic E-state index is 13.5. The lowest BCUT2D eigenvalue weighted by Crippen LogP contribution is -2.47. The minimum atomic E-state index is -4.45. The van der Waals surface area contributed by atoms with Crippen molar-refractivity contribution in [2.75, 3.05) is 40.9 Å². The minimum Gasteiger partial charge on any atom is -0.456 e. The van der Waals surface area contributed by atoms with Gasteiger partial charge in [0.2, 0.25) is 5.91 Å². The van der Waals surface area contributed by atoms with Gasteiger partial charge in [-0.15, -0.1) is 0 Å². The summed E-state index contributed by atoms with van der Waals surface area (Å²) in [5, 5.41) is 3.05. The van der Waals surface area contributed by atoms with Crippen LogP contribution < -0.4 is 5.32 Å². The van der Waals surface area contributed by atoms with Crippen LogP contribution >= 0.6 is 7.82 Å². The van der Waals surface area contributed by atoms with Crippen LogP contribution in [0.3, 0.4) is 0 Å². The van der Waals surface area contributed by atoms with Gasteiger partial charge in [0.1, 0.15) is 19.3 Å². The van der Waals surface area contributed by atoms with Gasteiger partial charge in [-0.05, 0) is 96.0 Å². The molecule has 0 rings (SSSR count). The molecule has 1 amide bonds. The first-order chi connectivity index (χ1) is 37.4. The number of carbonyl (C=O) groups is 2. The number of carbonyl (C=O) groups excluding carboxylic acids is 2. The number of rotatable bonds is 58. The Labute approximate surface area is 476 Å². The van der Waals surface area contributed by atoms with E-state index in [9.17, 15) is 19.0 Å². The van der Waals surface area contributed by atoms with Gasteiger partial charge in [-0.25, -0.2) is 4.57 Å². The minimum absolute atomic E-state index is 0.0358. The number of hydrogen-bond acceptors (Lipinski definition) is 6. The third-order valence-corrected chi connectivity index (χ3v) is 15.1. The van der Waals surface area contributed by atoms with E-state index in [1.807, 2.05) is 33.3 Å². The van der Waals surface area contributed by atoms with E-state index in [1.165, 1.54) is 167 Å². The van der Waals surface area contributed by atoms with Crippen molar-refractivity contribution in [2.24, 2.45) is 0 Å². The van der Waals surface area contributed by atoms with Crippen molar-refractivity contribution in [2.45, 2.75) is 303 Å². The van der Waals surface area contributed by atoms with Gasteiger partial charge in [0.15, 0.2) is 0 Å². The van der Waals surface area contributed by atoms with Gasteiger partial charge in [0.25, 0.3) is 0 Å². The number of hydrogen-bond donors (Lipinski definition) is 2. The van der Waals surface area contributed by atoms with Gasteiger partial charge in [0.05, 0.1) is 33.8 Å². The van der Waals surface area contributed by atoms with E-state index in [-0.39, 0.29) is 31.5 Å². The molecule has 0 heterocycles. The molecule has 3 unspecified atom stereocenters. The summed E-state index contributed by atoms with van der Waals surface area (Å²) >= 11 is 0. The van der Waals surface area contributed by atoms with Gasteiger partial charge < -0.3 is 19.4 Å². The molecule has 2 N–H and O–H groups in total. The average molecular weight is 1100 g/mol. The van der Waals surface area contributed by atoms with Gasteiger partial charge in [-0.1, -0.05) is 255 Å². The number of phosphoric acid groups is 1. The zero-order valence-electron chi connectivity index (χ0n) is 51.2. The summed E-state index contributed by atoms with van der Waals surface area (Å²) in [6, 6.07) is -0.857. The third-order valence-electron chi connectivity index (χ3n) is 14.1. The molecule has 0 bridgehead atoms. The molecule has 9 nitrogen and oxygen atoms in total. The second-order valence-corrected chi connectivity index (χ2v) is 24.4. The molecule has 0 aliphatic heterocycles. The molecule has 0 radical (unpaired) electrons. The molecule has 0 aromatic rings. The lowest BCUT2D eigenvalue weighted by molar-refractivity contribution is -0.870. The SMILES string of the molecule is CCCCC/C=C\C/C=C\C/C=C\CCCCCCCCCCCCCCC(=O)OC(/C=C\CCCCCCCCCCC)C(COP(=O)(O)OCC[N+](C)(C)C)NC(=O)CCCCCCCC/C=C/C=C/CCCCC. The van der Waals surface area contributed by atoms with Crippen LogP contribution in [0.1, 0.15) is 290 Å². The number of allylic oxidation sites excluding steroid dienone is 11. The highest BCUT2D eigenvalue weighted by atomic mass is 31.2. The number of nitrogens with one attached hydrogen (secondary N) is 1. The monoisotopic (exact) mass is 1100 g/mol. The molecule has 0 saturated carbocycles. The largest absolute Gasteiger partial charge is 0.472 e. The number of unbranched alkanes of at least 4 members (excludes halogenated alkanes) is 33. The third kappa shape index (κ3) is 57.9. The highest BCUT2D eigenvalue weighted by molar-refractivity contribution is 7.47. The van der Waals surface area contributed by atoms with E-state index in [2.05, 4.69) is 86.8 Å². The molecule has 0 saturated heterocycles. The summed E-state index contributed by atoms with van der Waals surface area (Å²) in [4.78, 5) is 37.7. The normalized spacial score (nSPS) is 14.1. The van der Waals surface area contributed by atoms with E-state index in [0.717, 1.165) is 89.9 Å². The topological polar surface area (TPSA) is 111 Å². The second-order valence-electron chi connectivity index (χ2n) is 23.0. The Balaban J connectivity index is 5.10. The van der Waals surface area contributed by atoms with Crippen molar-refractivity contribution in [3.63, 3.8) is 0 Å². The van der Waals surface area contributed by atoms with Gasteiger partial charge in [-0.3, -0.25) is 18.6 Å². The lowest BCUT2D eigenvalue weighted by Gasteiger charge is -2.27. The number of amides is 1. The van der Waals surface area contributed by atoms with Crippen molar-refractivity contribution >= 4 is 19.7 Å². The fourth-order valence-electron chi connectivity index (χ4n) is 9.11. The Kier molecular flexibility index (Phi) is 54.8. The smallest absolute Gasteiger partial charge is 0.456 e. The first-order valence-electron chi connectivity index (χ1n) is 32.3. The molecular weight excluding hydrogens is 976 g/mol. The summed E-state index contributed by atoms with van der Waals surface area (Å²) in [5.41, 5.74) is 0. The maximum atomic E-state index is 13.5. The number of nitrogens with zero attached hydrogens (tertiary/aromatic N) is 1. The molecule has 3 atom stereocenters. The van der Waals surface area contributed by atoms with E-state index in [4.69, 9.17) is 13.8 Å². The number of likely N-dealkylation sites (N-methyl/N-ethyl adjacent to an activating group) is 1. The summed E-state index contributed by atoms with van der Waals surface area (Å²) in [6.45, 7) is 6.95. The molecule has 0 aliphatic rings. The van der Waals surface area contributed by atoms with E-state index in [0.29, 0.717) is 17.4 Å². The zero-order valence-corrected chi connectivity index (χ0v) is 52.1. The summed E-state index contributed by atoms with van der Waals surface area (Å²) in [6.07, 6.45) is 73.3. The number of quaternary nitrogens is 1. The Bertz CT molecular complexity index is 1550. The molecule has 0 aliphatic carbocycles. The fraction of sp³-hybridized carbons (Fsp3) is 0.791. The van der Waals surface area contributed by atoms with Crippen molar-refractivity contribution < 1.29 is 37.3 Å². The van der Waals surface area contributed by atoms with Crippen LogP contribution in [0.25, 0.3) is 0 Å². The highest BCUT2D eigenvalue weighted by Gasteiger charge is 2.30. The molecule has 10 heteroatoms. The highest BCUT2D eigenvalue weighted by Crippen LogP contribution is 2.43. The molecule has 0 aromatic carbocycles. The van der Waals surface area contributed by atoms with Crippen LogP contribution in [0.4, 0.5) is 0 Å². The van der Waals surface area contributed by atoms with Crippen LogP contribution in [0.2, 0.25) is 0 Å². The van der Waals surface area contributed by atoms with Crippen LogP contribution in [0, 0.1) is 0 Å². The zero-order chi connectivity index (χ0) is 56.4. The van der Waals surface area contributed by atoms with Crippen LogP contribution in [-0.2, 0) is 27.9 Å². The van der Waals surface area contributed by atoms with Gasteiger partial charge in [-0.2, -0.15) is 0 Å². The predicted molar refractivity (Wildman–Crippen MR) is 332 cm³/mol. The van der Waals surface area contributed by atoms with Gasteiger partial charge >= 0.3 is 13.8 Å². The van der Waals surface area contributed by atoms with Crippen molar-refractivity contribution in [1.82, 2.24) is 5.32 Å². The number of esters is 1. The summed E-state index contributed by atoms with van der Waals surface area (Å²) in [5.74, 6) is -0.518. The molecular formula is C67H124N2O7P+. The van der Waals surface area contributed by atoms with Crippen molar-refractivity contribution in [3.05, 3.63) is 72.9 Å². The standard InChI is InChI=1S/C67H123N2O7P/c1-7-10-13-16-19-22-25-27-29-30-31-32-33-34-35-36-37-38-40-42-45-48-51-54-57-60-67(71)76-65(58-55-52-49-46-43-24-21-18-15-12-9-3)64(63-75-77(72,73)74-62-61-69(4,5)6)68-66(70)59-56-53-50-47-44-41-39-28-26-23-20-17-14-11-8-2/h19-20,22-23,26-29,31-32,55,58,64-65H,7-18,21,24-25,30,33-54,56-57,59-63H2,1-6H3,(H-,68,70,72,73)/p+1/b22-19-,23-20+,28-26+,29-27-,32-31-,58-55-. The summed E-state index contributed by atoms with van der Waals surface area (Å²) in [7, 11) is 1.49. The Morgan fingerprint density at radius 1 is 0.468 bits per heavy atom. The van der Waals surface area contributed by atoms with Crippen LogP contribution in [0.15, 0.2) is 72.9 Å². The lowest BCUT2D eigenvalue weighted by atomic mass is 10.0. The Morgan fingerprint density at radius 2 is 0.831 bits per heavy atom. The first-order valence-corrected chi connectivity index (χ1v) is 33.8. The fourth-order valence-corrected chi connectivity index (χ4v) is 9.85. The van der Waals surface area contributed by atoms with E-state index in [1.54, 1.807) is 0 Å². The quantitative estimate of drug-likeness (QED) is 0.0156. The van der Waals surface area contributed by atoms with Crippen molar-refractivity contribution in [1.29, 1.82) is 0 Å². The van der Waals surface area contributed by atoms with Gasteiger partial charge in [0, 0.05) is 12.8 Å². The molecule has 0 fully saturated rings. The van der Waals surface area contributed by atoms with Crippen LogP contribution in [0.5, 0.6) is 0 Å². The summed E-state index contributed by atoms with van der Waals surface area (Å²) < 4.78 is 30.7. The van der Waals surface area contributed by atoms with Crippen LogP contribution in [-0.4, -0.2) is 74.3 Å². The van der Waals surface area contributed by atoms with Crippen molar-refractivity contribution in [3.8, 4) is 0 Å².